The monoisotopic (exact) mass is 166 g/mol. The SMILES string of the molecule is Cc1cc2sc(C)c(C)c2o1. The highest BCUT2D eigenvalue weighted by atomic mass is 32.1. The molecule has 1 nitrogen and oxygen atoms in total. The van der Waals surface area contributed by atoms with Gasteiger partial charge in [-0.15, -0.1) is 11.3 Å². The van der Waals surface area contributed by atoms with Crippen LogP contribution in [0.3, 0.4) is 0 Å². The second-order valence-electron chi connectivity index (χ2n) is 2.83. The Morgan fingerprint density at radius 3 is 2.64 bits per heavy atom. The lowest BCUT2D eigenvalue weighted by atomic mass is 10.3. The summed E-state index contributed by atoms with van der Waals surface area (Å²) in [5.41, 5.74) is 2.36. The molecular weight excluding hydrogens is 156 g/mol. The quantitative estimate of drug-likeness (QED) is 0.584. The molecule has 58 valence electrons. The predicted octanol–water partition coefficient (Wildman–Crippen LogP) is 3.42. The number of fused-ring (bicyclic) bond motifs is 1. The van der Waals surface area contributed by atoms with Crippen molar-refractivity contribution < 1.29 is 4.42 Å². The van der Waals surface area contributed by atoms with E-state index in [1.54, 1.807) is 11.3 Å². The summed E-state index contributed by atoms with van der Waals surface area (Å²) in [6.45, 7) is 6.23. The van der Waals surface area contributed by atoms with Crippen molar-refractivity contribution in [2.75, 3.05) is 0 Å². The van der Waals surface area contributed by atoms with E-state index in [2.05, 4.69) is 19.9 Å². The molecule has 2 aromatic rings. The number of hydrogen-bond acceptors (Lipinski definition) is 2. The molecule has 0 aromatic carbocycles. The van der Waals surface area contributed by atoms with Crippen molar-refractivity contribution in [1.82, 2.24) is 0 Å². The van der Waals surface area contributed by atoms with E-state index in [1.807, 2.05) is 6.92 Å². The fraction of sp³-hybridized carbons (Fsp3) is 0.333. The van der Waals surface area contributed by atoms with Crippen molar-refractivity contribution in [3.63, 3.8) is 0 Å². The first-order valence-electron chi connectivity index (χ1n) is 3.64. The van der Waals surface area contributed by atoms with Crippen molar-refractivity contribution in [1.29, 1.82) is 0 Å². The summed E-state index contributed by atoms with van der Waals surface area (Å²) in [7, 11) is 0. The molecule has 2 aromatic heterocycles. The lowest BCUT2D eigenvalue weighted by molar-refractivity contribution is 0.576. The number of hydrogen-bond donors (Lipinski definition) is 0. The van der Waals surface area contributed by atoms with Crippen LogP contribution in [0.25, 0.3) is 10.3 Å². The summed E-state index contributed by atoms with van der Waals surface area (Å²) in [6.07, 6.45) is 0. The van der Waals surface area contributed by atoms with Gasteiger partial charge in [0.1, 0.15) is 11.3 Å². The Bertz CT molecular complexity index is 395. The predicted molar refractivity (Wildman–Crippen MR) is 48.3 cm³/mol. The zero-order chi connectivity index (χ0) is 8.01. The van der Waals surface area contributed by atoms with Crippen molar-refractivity contribution >= 4 is 21.6 Å². The van der Waals surface area contributed by atoms with Gasteiger partial charge in [0.05, 0.1) is 4.70 Å². The maximum absolute atomic E-state index is 5.53. The summed E-state index contributed by atoms with van der Waals surface area (Å²) < 4.78 is 6.81. The van der Waals surface area contributed by atoms with E-state index >= 15 is 0 Å². The number of thiophene rings is 1. The topological polar surface area (TPSA) is 13.1 Å². The average molecular weight is 166 g/mol. The Morgan fingerprint density at radius 1 is 1.27 bits per heavy atom. The van der Waals surface area contributed by atoms with Crippen LogP contribution in [0.2, 0.25) is 0 Å². The van der Waals surface area contributed by atoms with E-state index in [0.29, 0.717) is 0 Å². The lowest BCUT2D eigenvalue weighted by Crippen LogP contribution is -1.66. The van der Waals surface area contributed by atoms with E-state index in [0.717, 1.165) is 11.3 Å². The molecule has 0 atom stereocenters. The molecule has 0 radical (unpaired) electrons. The van der Waals surface area contributed by atoms with Crippen LogP contribution in [0.1, 0.15) is 16.2 Å². The fourth-order valence-electron chi connectivity index (χ4n) is 1.23. The van der Waals surface area contributed by atoms with Gasteiger partial charge in [-0.05, 0) is 26.8 Å². The van der Waals surface area contributed by atoms with Crippen LogP contribution >= 0.6 is 11.3 Å². The maximum atomic E-state index is 5.53. The normalized spacial score (nSPS) is 11.2. The first kappa shape index (κ1) is 6.92. The van der Waals surface area contributed by atoms with E-state index in [1.165, 1.54) is 15.1 Å². The van der Waals surface area contributed by atoms with Crippen molar-refractivity contribution in [3.05, 3.63) is 22.3 Å². The standard InChI is InChI=1S/C9H10OS/c1-5-4-8-9(10-5)6(2)7(3)11-8/h4H,1-3H3. The molecule has 0 saturated heterocycles. The number of furan rings is 1. The van der Waals surface area contributed by atoms with E-state index in [-0.39, 0.29) is 0 Å². The zero-order valence-electron chi connectivity index (χ0n) is 6.89. The van der Waals surface area contributed by atoms with Gasteiger partial charge in [-0.2, -0.15) is 0 Å². The molecule has 0 bridgehead atoms. The van der Waals surface area contributed by atoms with E-state index in [4.69, 9.17) is 4.42 Å². The summed E-state index contributed by atoms with van der Waals surface area (Å²) in [4.78, 5) is 1.36. The third-order valence-electron chi connectivity index (χ3n) is 1.95. The number of aryl methyl sites for hydroxylation is 3. The van der Waals surface area contributed by atoms with Crippen LogP contribution in [0.5, 0.6) is 0 Å². The largest absolute Gasteiger partial charge is 0.460 e. The first-order valence-corrected chi connectivity index (χ1v) is 4.46. The fourth-order valence-corrected chi connectivity index (χ4v) is 2.32. The van der Waals surface area contributed by atoms with Crippen molar-refractivity contribution in [2.24, 2.45) is 0 Å². The van der Waals surface area contributed by atoms with Crippen LogP contribution in [-0.2, 0) is 0 Å². The average Bonchev–Trinajstić information content (AvgIpc) is 2.37. The van der Waals surface area contributed by atoms with Crippen LogP contribution in [0.4, 0.5) is 0 Å². The molecule has 0 aliphatic heterocycles. The third kappa shape index (κ3) is 0.897. The molecule has 2 rings (SSSR count). The Kier molecular flexibility index (Phi) is 1.33. The number of rotatable bonds is 0. The third-order valence-corrected chi connectivity index (χ3v) is 3.09. The summed E-state index contributed by atoms with van der Waals surface area (Å²) in [6, 6.07) is 2.10. The Morgan fingerprint density at radius 2 is 2.00 bits per heavy atom. The first-order chi connectivity index (χ1) is 5.18. The Labute approximate surface area is 69.6 Å². The maximum Gasteiger partial charge on any atom is 0.148 e. The molecule has 0 unspecified atom stereocenters. The molecule has 2 heterocycles. The smallest absolute Gasteiger partial charge is 0.148 e. The van der Waals surface area contributed by atoms with E-state index < -0.39 is 0 Å². The summed E-state index contributed by atoms with van der Waals surface area (Å²) in [5, 5.41) is 0. The highest BCUT2D eigenvalue weighted by Crippen LogP contribution is 2.32. The lowest BCUT2D eigenvalue weighted by Gasteiger charge is -1.85. The minimum atomic E-state index is 1.01. The minimum Gasteiger partial charge on any atom is -0.460 e. The van der Waals surface area contributed by atoms with Crippen LogP contribution in [0.15, 0.2) is 10.5 Å². The molecule has 0 spiro atoms. The van der Waals surface area contributed by atoms with Gasteiger partial charge < -0.3 is 4.42 Å². The minimum absolute atomic E-state index is 1.01. The molecule has 11 heavy (non-hydrogen) atoms. The van der Waals surface area contributed by atoms with Gasteiger partial charge in [0.15, 0.2) is 0 Å². The summed E-state index contributed by atoms with van der Waals surface area (Å²) >= 11 is 1.81. The van der Waals surface area contributed by atoms with Crippen LogP contribution < -0.4 is 0 Å². The molecule has 0 aliphatic carbocycles. The highest BCUT2D eigenvalue weighted by molar-refractivity contribution is 7.19. The second kappa shape index (κ2) is 2.11. The van der Waals surface area contributed by atoms with Crippen LogP contribution in [0, 0.1) is 20.8 Å². The highest BCUT2D eigenvalue weighted by Gasteiger charge is 2.08. The van der Waals surface area contributed by atoms with Gasteiger partial charge >= 0.3 is 0 Å². The van der Waals surface area contributed by atoms with Crippen molar-refractivity contribution in [3.8, 4) is 0 Å². The molecule has 0 aliphatic rings. The van der Waals surface area contributed by atoms with E-state index in [9.17, 15) is 0 Å². The van der Waals surface area contributed by atoms with Crippen molar-refractivity contribution in [2.45, 2.75) is 20.8 Å². The van der Waals surface area contributed by atoms with Gasteiger partial charge in [-0.3, -0.25) is 0 Å². The molecule has 0 saturated carbocycles. The van der Waals surface area contributed by atoms with Gasteiger partial charge in [0.2, 0.25) is 0 Å². The molecule has 0 N–H and O–H groups in total. The van der Waals surface area contributed by atoms with Gasteiger partial charge in [0, 0.05) is 10.4 Å². The molecule has 0 amide bonds. The van der Waals surface area contributed by atoms with Crippen LogP contribution in [-0.4, -0.2) is 0 Å². The molecule has 2 heteroatoms. The Balaban J connectivity index is 2.88. The molecule has 0 fully saturated rings. The zero-order valence-corrected chi connectivity index (χ0v) is 7.71. The summed E-state index contributed by atoms with van der Waals surface area (Å²) in [5.74, 6) is 1.01. The Hall–Kier alpha value is -0.760. The van der Waals surface area contributed by atoms with Gasteiger partial charge in [0.25, 0.3) is 0 Å². The molecular formula is C9H10OS. The van der Waals surface area contributed by atoms with Gasteiger partial charge in [-0.25, -0.2) is 0 Å². The van der Waals surface area contributed by atoms with Gasteiger partial charge in [-0.1, -0.05) is 0 Å². The second-order valence-corrected chi connectivity index (χ2v) is 4.09.